The Hall–Kier alpha value is -1.83. The van der Waals surface area contributed by atoms with Crippen molar-refractivity contribution in [1.82, 2.24) is 10.2 Å². The highest BCUT2D eigenvalue weighted by Crippen LogP contribution is 2.20. The lowest BCUT2D eigenvalue weighted by atomic mass is 10.2. The Balaban J connectivity index is 2.78. The summed E-state index contributed by atoms with van der Waals surface area (Å²) >= 11 is 0. The molecule has 1 atom stereocenters. The van der Waals surface area contributed by atoms with E-state index in [4.69, 9.17) is 14.3 Å². The molecule has 0 spiro atoms. The Bertz CT molecular complexity index is 431. The SMILES string of the molecule is COCCNC(=O)C1CC(=NOC)CN1C(=O)OC(C)(C)C. The third-order valence-electron chi connectivity index (χ3n) is 2.91. The summed E-state index contributed by atoms with van der Waals surface area (Å²) in [5.74, 6) is -0.260. The number of methoxy groups -OCH3 is 1. The number of rotatable bonds is 5. The standard InChI is InChI=1S/C14H25N3O5/c1-14(2,3)22-13(19)17-9-10(16-21-5)8-11(17)12(18)15-6-7-20-4/h11H,6-9H2,1-5H3,(H,15,18). The molecule has 1 aliphatic rings. The molecule has 1 rings (SSSR count). The van der Waals surface area contributed by atoms with Gasteiger partial charge in [0.15, 0.2) is 0 Å². The van der Waals surface area contributed by atoms with Crippen molar-refractivity contribution in [1.29, 1.82) is 0 Å². The van der Waals surface area contributed by atoms with Gasteiger partial charge in [-0.05, 0) is 20.8 Å². The largest absolute Gasteiger partial charge is 0.444 e. The second-order valence-electron chi connectivity index (χ2n) is 5.95. The number of amides is 2. The van der Waals surface area contributed by atoms with Crippen LogP contribution < -0.4 is 5.32 Å². The quantitative estimate of drug-likeness (QED) is 0.597. The number of likely N-dealkylation sites (tertiary alicyclic amines) is 1. The van der Waals surface area contributed by atoms with Gasteiger partial charge in [0.25, 0.3) is 0 Å². The van der Waals surface area contributed by atoms with Gasteiger partial charge in [0.05, 0.1) is 18.9 Å². The Morgan fingerprint density at radius 3 is 2.59 bits per heavy atom. The molecule has 1 aliphatic heterocycles. The van der Waals surface area contributed by atoms with Crippen LogP contribution in [0.2, 0.25) is 0 Å². The van der Waals surface area contributed by atoms with E-state index in [0.717, 1.165) is 0 Å². The molecule has 0 bridgehead atoms. The van der Waals surface area contributed by atoms with Gasteiger partial charge in [-0.25, -0.2) is 4.79 Å². The lowest BCUT2D eigenvalue weighted by Crippen LogP contribution is -2.48. The number of nitrogens with one attached hydrogen (secondary N) is 1. The van der Waals surface area contributed by atoms with E-state index in [0.29, 0.717) is 25.3 Å². The molecule has 1 saturated heterocycles. The van der Waals surface area contributed by atoms with Crippen LogP contribution in [0.3, 0.4) is 0 Å². The molecule has 8 heteroatoms. The van der Waals surface area contributed by atoms with E-state index in [1.807, 2.05) is 0 Å². The molecule has 8 nitrogen and oxygen atoms in total. The topological polar surface area (TPSA) is 89.5 Å². The van der Waals surface area contributed by atoms with Crippen LogP contribution in [0, 0.1) is 0 Å². The lowest BCUT2D eigenvalue weighted by molar-refractivity contribution is -0.125. The third kappa shape index (κ3) is 5.51. The van der Waals surface area contributed by atoms with E-state index in [1.54, 1.807) is 27.9 Å². The Morgan fingerprint density at radius 2 is 2.05 bits per heavy atom. The van der Waals surface area contributed by atoms with Gasteiger partial charge in [-0.1, -0.05) is 5.16 Å². The molecule has 0 radical (unpaired) electrons. The highest BCUT2D eigenvalue weighted by atomic mass is 16.6. The molecule has 0 aromatic carbocycles. The van der Waals surface area contributed by atoms with Crippen LogP contribution >= 0.6 is 0 Å². The normalized spacial score (nSPS) is 20.1. The maximum Gasteiger partial charge on any atom is 0.411 e. The predicted molar refractivity (Wildman–Crippen MR) is 80.7 cm³/mol. The van der Waals surface area contributed by atoms with Crippen molar-refractivity contribution in [2.75, 3.05) is 33.9 Å². The van der Waals surface area contributed by atoms with Crippen molar-refractivity contribution in [2.24, 2.45) is 5.16 Å². The van der Waals surface area contributed by atoms with E-state index in [1.165, 1.54) is 12.0 Å². The van der Waals surface area contributed by atoms with Crippen LogP contribution in [0.5, 0.6) is 0 Å². The minimum atomic E-state index is -0.652. The van der Waals surface area contributed by atoms with Gasteiger partial charge < -0.3 is 19.6 Å². The second kappa shape index (κ2) is 7.98. The Morgan fingerprint density at radius 1 is 1.36 bits per heavy atom. The molecule has 0 saturated carbocycles. The first-order valence-corrected chi connectivity index (χ1v) is 7.13. The average Bonchev–Trinajstić information content (AvgIpc) is 2.81. The van der Waals surface area contributed by atoms with Gasteiger partial charge in [-0.2, -0.15) is 0 Å². The zero-order valence-corrected chi connectivity index (χ0v) is 13.8. The van der Waals surface area contributed by atoms with Crippen molar-refractivity contribution in [3.05, 3.63) is 0 Å². The zero-order chi connectivity index (χ0) is 16.8. The van der Waals surface area contributed by atoms with E-state index in [2.05, 4.69) is 10.5 Å². The van der Waals surface area contributed by atoms with Crippen molar-refractivity contribution in [2.45, 2.75) is 38.8 Å². The first-order valence-electron chi connectivity index (χ1n) is 7.13. The highest BCUT2D eigenvalue weighted by molar-refractivity contribution is 5.99. The van der Waals surface area contributed by atoms with Crippen LogP contribution in [0.1, 0.15) is 27.2 Å². The van der Waals surface area contributed by atoms with Gasteiger partial charge in [0.2, 0.25) is 5.91 Å². The fraction of sp³-hybridized carbons (Fsp3) is 0.786. The second-order valence-corrected chi connectivity index (χ2v) is 5.95. The minimum absolute atomic E-state index is 0.213. The predicted octanol–water partition coefficient (Wildman–Crippen LogP) is 0.761. The van der Waals surface area contributed by atoms with Gasteiger partial charge in [-0.15, -0.1) is 0 Å². The average molecular weight is 315 g/mol. The third-order valence-corrected chi connectivity index (χ3v) is 2.91. The van der Waals surface area contributed by atoms with Crippen LogP contribution in [-0.2, 0) is 19.1 Å². The van der Waals surface area contributed by atoms with Crippen LogP contribution in [0.4, 0.5) is 4.79 Å². The lowest BCUT2D eigenvalue weighted by Gasteiger charge is -2.27. The fourth-order valence-corrected chi connectivity index (χ4v) is 2.04. The highest BCUT2D eigenvalue weighted by Gasteiger charge is 2.40. The summed E-state index contributed by atoms with van der Waals surface area (Å²) in [6.45, 7) is 6.33. The van der Waals surface area contributed by atoms with Crippen molar-refractivity contribution < 1.29 is 23.9 Å². The summed E-state index contributed by atoms with van der Waals surface area (Å²) in [6, 6.07) is -0.652. The number of oxime groups is 1. The molecule has 1 unspecified atom stereocenters. The van der Waals surface area contributed by atoms with Crippen LogP contribution in [-0.4, -0.2) is 68.2 Å². The molecule has 1 fully saturated rings. The van der Waals surface area contributed by atoms with Crippen LogP contribution in [0.15, 0.2) is 5.16 Å². The fourth-order valence-electron chi connectivity index (χ4n) is 2.04. The zero-order valence-electron chi connectivity index (χ0n) is 13.8. The summed E-state index contributed by atoms with van der Waals surface area (Å²) in [4.78, 5) is 30.6. The number of carbonyl (C=O) groups excluding carboxylic acids is 2. The Labute approximate surface area is 130 Å². The van der Waals surface area contributed by atoms with E-state index >= 15 is 0 Å². The Kier molecular flexibility index (Phi) is 6.61. The maximum absolute atomic E-state index is 12.3. The van der Waals surface area contributed by atoms with Crippen LogP contribution in [0.25, 0.3) is 0 Å². The molecule has 0 aromatic heterocycles. The molecule has 2 amide bonds. The molecule has 22 heavy (non-hydrogen) atoms. The molecule has 0 aromatic rings. The van der Waals surface area contributed by atoms with E-state index < -0.39 is 17.7 Å². The smallest absolute Gasteiger partial charge is 0.411 e. The van der Waals surface area contributed by atoms with Crippen molar-refractivity contribution >= 4 is 17.7 Å². The monoisotopic (exact) mass is 315 g/mol. The van der Waals surface area contributed by atoms with E-state index in [-0.39, 0.29) is 12.5 Å². The molecular formula is C14H25N3O5. The number of hydrogen-bond donors (Lipinski definition) is 1. The number of ether oxygens (including phenoxy) is 2. The first kappa shape index (κ1) is 18.2. The van der Waals surface area contributed by atoms with Gasteiger partial charge >= 0.3 is 6.09 Å². The summed E-state index contributed by atoms with van der Waals surface area (Å²) in [5.41, 5.74) is -0.00442. The minimum Gasteiger partial charge on any atom is -0.444 e. The summed E-state index contributed by atoms with van der Waals surface area (Å²) in [6.07, 6.45) is -0.216. The summed E-state index contributed by atoms with van der Waals surface area (Å²) in [5, 5.41) is 6.57. The molecule has 1 N–H and O–H groups in total. The van der Waals surface area contributed by atoms with Gasteiger partial charge in [0, 0.05) is 20.1 Å². The molecule has 126 valence electrons. The number of carbonyl (C=O) groups is 2. The first-order chi connectivity index (χ1) is 10.3. The van der Waals surface area contributed by atoms with E-state index in [9.17, 15) is 9.59 Å². The van der Waals surface area contributed by atoms with Gasteiger partial charge in [0.1, 0.15) is 18.8 Å². The van der Waals surface area contributed by atoms with Gasteiger partial charge in [-0.3, -0.25) is 9.69 Å². The molecular weight excluding hydrogens is 290 g/mol. The van der Waals surface area contributed by atoms with Crippen molar-refractivity contribution in [3.63, 3.8) is 0 Å². The maximum atomic E-state index is 12.3. The summed E-state index contributed by atoms with van der Waals surface area (Å²) in [7, 11) is 2.98. The molecule has 1 heterocycles. The molecule has 0 aliphatic carbocycles. The van der Waals surface area contributed by atoms with Crippen molar-refractivity contribution in [3.8, 4) is 0 Å². The summed E-state index contributed by atoms with van der Waals surface area (Å²) < 4.78 is 10.2. The number of nitrogens with zero attached hydrogens (tertiary/aromatic N) is 2. The number of hydrogen-bond acceptors (Lipinski definition) is 6.